The lowest BCUT2D eigenvalue weighted by Crippen LogP contribution is -2.34. The molecule has 2 aliphatic heterocycles. The van der Waals surface area contributed by atoms with Gasteiger partial charge in [0, 0.05) is 19.2 Å². The summed E-state index contributed by atoms with van der Waals surface area (Å²) in [5.41, 5.74) is 1.89. The van der Waals surface area contributed by atoms with E-state index in [2.05, 4.69) is 22.5 Å². The number of rotatable bonds is 4. The number of ether oxygens (including phenoxy) is 1. The van der Waals surface area contributed by atoms with E-state index in [0.29, 0.717) is 24.9 Å². The molecule has 1 aromatic rings. The molecule has 0 saturated carbocycles. The van der Waals surface area contributed by atoms with Gasteiger partial charge in [-0.2, -0.15) is 0 Å². The van der Waals surface area contributed by atoms with Crippen LogP contribution in [-0.4, -0.2) is 39.2 Å². The Kier molecular flexibility index (Phi) is 5.06. The zero-order chi connectivity index (χ0) is 16.2. The lowest BCUT2D eigenvalue weighted by Gasteiger charge is -2.29. The van der Waals surface area contributed by atoms with E-state index in [9.17, 15) is 4.79 Å². The van der Waals surface area contributed by atoms with Crippen LogP contribution in [0.2, 0.25) is 0 Å². The minimum absolute atomic E-state index is 0.0994. The van der Waals surface area contributed by atoms with Crippen molar-refractivity contribution >= 4 is 17.3 Å². The van der Waals surface area contributed by atoms with Crippen molar-refractivity contribution in [2.45, 2.75) is 26.2 Å². The Bertz CT molecular complexity index is 555. The molecule has 1 aromatic carbocycles. The van der Waals surface area contributed by atoms with Crippen LogP contribution in [0.15, 0.2) is 18.2 Å². The maximum atomic E-state index is 12.3. The van der Waals surface area contributed by atoms with Crippen molar-refractivity contribution in [3.8, 4) is 5.75 Å². The monoisotopic (exact) mass is 317 g/mol. The van der Waals surface area contributed by atoms with Crippen molar-refractivity contribution in [3.05, 3.63) is 18.2 Å². The largest absolute Gasteiger partial charge is 0.490 e. The topological polar surface area (TPSA) is 53.6 Å². The van der Waals surface area contributed by atoms with Crippen molar-refractivity contribution in [3.63, 3.8) is 0 Å². The number of piperidine rings is 1. The van der Waals surface area contributed by atoms with Crippen molar-refractivity contribution < 1.29 is 9.53 Å². The van der Waals surface area contributed by atoms with Gasteiger partial charge < -0.3 is 20.3 Å². The number of hydrogen-bond acceptors (Lipinski definition) is 4. The Morgan fingerprint density at radius 3 is 3.17 bits per heavy atom. The lowest BCUT2D eigenvalue weighted by molar-refractivity contribution is -0.117. The van der Waals surface area contributed by atoms with E-state index in [1.807, 2.05) is 25.2 Å². The molecule has 1 saturated heterocycles. The number of fused-ring (bicyclic) bond motifs is 1. The zero-order valence-corrected chi connectivity index (χ0v) is 14.1. The first-order valence-corrected chi connectivity index (χ1v) is 8.62. The number of anilines is 2. The maximum Gasteiger partial charge on any atom is 0.224 e. The van der Waals surface area contributed by atoms with Crippen LogP contribution in [-0.2, 0) is 4.79 Å². The van der Waals surface area contributed by atoms with Crippen LogP contribution in [0.1, 0.15) is 26.2 Å². The zero-order valence-electron chi connectivity index (χ0n) is 14.1. The molecule has 0 bridgehead atoms. The van der Waals surface area contributed by atoms with E-state index in [1.54, 1.807) is 0 Å². The van der Waals surface area contributed by atoms with Crippen molar-refractivity contribution in [2.75, 3.05) is 43.5 Å². The predicted octanol–water partition coefficient (Wildman–Crippen LogP) is 2.48. The Hall–Kier alpha value is -1.75. The summed E-state index contributed by atoms with van der Waals surface area (Å²) in [5, 5.41) is 6.47. The molecule has 2 N–H and O–H groups in total. The van der Waals surface area contributed by atoms with Gasteiger partial charge in [0.2, 0.25) is 5.91 Å². The molecule has 1 fully saturated rings. The second kappa shape index (κ2) is 7.21. The summed E-state index contributed by atoms with van der Waals surface area (Å²) in [6.07, 6.45) is 3.02. The molecule has 3 rings (SSSR count). The smallest absolute Gasteiger partial charge is 0.224 e. The van der Waals surface area contributed by atoms with E-state index in [1.165, 1.54) is 12.8 Å². The molecule has 23 heavy (non-hydrogen) atoms. The quantitative estimate of drug-likeness (QED) is 0.896. The molecular weight excluding hydrogens is 290 g/mol. The van der Waals surface area contributed by atoms with Gasteiger partial charge >= 0.3 is 0 Å². The second-order valence-electron chi connectivity index (χ2n) is 6.79. The average molecular weight is 317 g/mol. The summed E-state index contributed by atoms with van der Waals surface area (Å²) in [6.45, 7) is 5.92. The molecule has 1 amide bonds. The van der Waals surface area contributed by atoms with Crippen LogP contribution >= 0.6 is 0 Å². The normalized spacial score (nSPS) is 22.0. The predicted molar refractivity (Wildman–Crippen MR) is 93.2 cm³/mol. The van der Waals surface area contributed by atoms with Crippen molar-refractivity contribution in [2.24, 2.45) is 11.8 Å². The van der Waals surface area contributed by atoms with Gasteiger partial charge in [-0.15, -0.1) is 0 Å². The molecule has 0 aliphatic carbocycles. The molecule has 0 spiro atoms. The lowest BCUT2D eigenvalue weighted by atomic mass is 9.85. The minimum Gasteiger partial charge on any atom is -0.490 e. The van der Waals surface area contributed by atoms with E-state index >= 15 is 0 Å². The summed E-state index contributed by atoms with van der Waals surface area (Å²) in [7, 11) is 2.05. The molecular formula is C18H27N3O2. The van der Waals surface area contributed by atoms with Crippen LogP contribution in [0.3, 0.4) is 0 Å². The van der Waals surface area contributed by atoms with Crippen LogP contribution in [0.4, 0.5) is 11.4 Å². The number of hydrogen-bond donors (Lipinski definition) is 2. The number of nitrogens with zero attached hydrogens (tertiary/aromatic N) is 1. The third-order valence-electron chi connectivity index (χ3n) is 4.99. The molecule has 5 heteroatoms. The number of benzene rings is 1. The van der Waals surface area contributed by atoms with Gasteiger partial charge in [-0.3, -0.25) is 4.79 Å². The highest BCUT2D eigenvalue weighted by molar-refractivity contribution is 5.91. The van der Waals surface area contributed by atoms with Crippen LogP contribution < -0.4 is 20.3 Å². The third-order valence-corrected chi connectivity index (χ3v) is 4.99. The van der Waals surface area contributed by atoms with Crippen LogP contribution in [0.25, 0.3) is 0 Å². The summed E-state index contributed by atoms with van der Waals surface area (Å²) >= 11 is 0. The Labute approximate surface area is 138 Å². The SMILES string of the molecule is CC(CC(=O)Nc1ccc2c(c1)N(C)CCO2)C1CCCNC1. The fraction of sp³-hybridized carbons (Fsp3) is 0.611. The van der Waals surface area contributed by atoms with Gasteiger partial charge in [-0.1, -0.05) is 6.92 Å². The van der Waals surface area contributed by atoms with Gasteiger partial charge in [0.1, 0.15) is 12.4 Å². The standard InChI is InChI=1S/C18H27N3O2/c1-13(14-4-3-7-19-12-14)10-18(22)20-15-5-6-17-16(11-15)21(2)8-9-23-17/h5-6,11,13-14,19H,3-4,7-10,12H2,1-2H3,(H,20,22). The van der Waals surface area contributed by atoms with Gasteiger partial charge in [-0.25, -0.2) is 0 Å². The van der Waals surface area contributed by atoms with Gasteiger partial charge in [0.25, 0.3) is 0 Å². The molecule has 2 unspecified atom stereocenters. The highest BCUT2D eigenvalue weighted by Gasteiger charge is 2.22. The highest BCUT2D eigenvalue weighted by Crippen LogP contribution is 2.33. The van der Waals surface area contributed by atoms with Gasteiger partial charge in [-0.05, 0) is 56.0 Å². The first-order valence-electron chi connectivity index (χ1n) is 8.62. The summed E-state index contributed by atoms with van der Waals surface area (Å²) in [5.74, 6) is 2.00. The number of carbonyl (C=O) groups excluding carboxylic acids is 1. The molecule has 5 nitrogen and oxygen atoms in total. The summed E-state index contributed by atoms with van der Waals surface area (Å²) in [4.78, 5) is 14.5. The van der Waals surface area contributed by atoms with Gasteiger partial charge in [0.05, 0.1) is 12.2 Å². The number of nitrogens with one attached hydrogen (secondary N) is 2. The Balaban J connectivity index is 1.58. The number of likely N-dealkylation sites (N-methyl/N-ethyl adjacent to an activating group) is 1. The second-order valence-corrected chi connectivity index (χ2v) is 6.79. The van der Waals surface area contributed by atoms with Crippen LogP contribution in [0, 0.1) is 11.8 Å². The fourth-order valence-electron chi connectivity index (χ4n) is 3.46. The van der Waals surface area contributed by atoms with Crippen molar-refractivity contribution in [1.29, 1.82) is 0 Å². The molecule has 0 radical (unpaired) electrons. The van der Waals surface area contributed by atoms with Gasteiger partial charge in [0.15, 0.2) is 0 Å². The molecule has 2 atom stereocenters. The third kappa shape index (κ3) is 3.96. The minimum atomic E-state index is 0.0994. The molecule has 2 heterocycles. The Morgan fingerprint density at radius 1 is 1.52 bits per heavy atom. The number of amides is 1. The van der Waals surface area contributed by atoms with E-state index in [-0.39, 0.29) is 5.91 Å². The Morgan fingerprint density at radius 2 is 2.39 bits per heavy atom. The van der Waals surface area contributed by atoms with E-state index in [0.717, 1.165) is 36.8 Å². The summed E-state index contributed by atoms with van der Waals surface area (Å²) < 4.78 is 5.64. The van der Waals surface area contributed by atoms with Crippen molar-refractivity contribution in [1.82, 2.24) is 5.32 Å². The highest BCUT2D eigenvalue weighted by atomic mass is 16.5. The summed E-state index contributed by atoms with van der Waals surface area (Å²) in [6, 6.07) is 5.86. The van der Waals surface area contributed by atoms with E-state index < -0.39 is 0 Å². The average Bonchev–Trinajstić information content (AvgIpc) is 2.56. The van der Waals surface area contributed by atoms with Crippen LogP contribution in [0.5, 0.6) is 5.75 Å². The first kappa shape index (κ1) is 16.1. The molecule has 126 valence electrons. The maximum absolute atomic E-state index is 12.3. The fourth-order valence-corrected chi connectivity index (χ4v) is 3.46. The number of carbonyl (C=O) groups is 1. The first-order chi connectivity index (χ1) is 11.1. The molecule has 0 aromatic heterocycles. The molecule has 2 aliphatic rings. The van der Waals surface area contributed by atoms with E-state index in [4.69, 9.17) is 4.74 Å².